The van der Waals surface area contributed by atoms with E-state index in [9.17, 15) is 4.79 Å². The maximum absolute atomic E-state index is 11.9. The number of hydrogen-bond acceptors (Lipinski definition) is 3. The third-order valence-corrected chi connectivity index (χ3v) is 4.04. The lowest BCUT2D eigenvalue weighted by atomic mass is 9.98. The van der Waals surface area contributed by atoms with E-state index in [1.165, 1.54) is 6.42 Å². The number of carbonyl (C=O) groups excluding carboxylic acids is 1. The number of anilines is 1. The van der Waals surface area contributed by atoms with E-state index in [2.05, 4.69) is 22.6 Å². The second kappa shape index (κ2) is 5.71. The van der Waals surface area contributed by atoms with Gasteiger partial charge in [-0.1, -0.05) is 6.42 Å². The van der Waals surface area contributed by atoms with Gasteiger partial charge in [-0.2, -0.15) is 0 Å². The topological polar surface area (TPSA) is 52.3 Å². The van der Waals surface area contributed by atoms with Crippen LogP contribution in [0.25, 0.3) is 0 Å². The van der Waals surface area contributed by atoms with Gasteiger partial charge in [0.15, 0.2) is 0 Å². The lowest BCUT2D eigenvalue weighted by Gasteiger charge is -2.21. The molecule has 0 saturated heterocycles. The van der Waals surface area contributed by atoms with Crippen molar-refractivity contribution in [3.8, 4) is 0 Å². The molecule has 2 rings (SSSR count). The van der Waals surface area contributed by atoms with E-state index in [-0.39, 0.29) is 12.1 Å². The van der Waals surface area contributed by atoms with Crippen LogP contribution in [0.5, 0.6) is 0 Å². The number of nitrogen functional groups attached to an aromatic ring is 1. The summed E-state index contributed by atoms with van der Waals surface area (Å²) in [5, 5.41) is 0. The molecule has 0 bridgehead atoms. The van der Waals surface area contributed by atoms with E-state index >= 15 is 0 Å². The zero-order chi connectivity index (χ0) is 12.3. The molecule has 0 spiro atoms. The molecule has 1 aromatic rings. The standard InChI is InChI=1S/C13H16INO2/c14-11-7-6-9(8-12(11)15)13(16)17-10-4-2-1-3-5-10/h6-8,10H,1-5,15H2. The Kier molecular flexibility index (Phi) is 4.25. The minimum absolute atomic E-state index is 0.0942. The van der Waals surface area contributed by atoms with Crippen molar-refractivity contribution in [2.45, 2.75) is 38.2 Å². The third kappa shape index (κ3) is 3.34. The van der Waals surface area contributed by atoms with Crippen molar-refractivity contribution in [2.24, 2.45) is 0 Å². The third-order valence-electron chi connectivity index (χ3n) is 3.06. The highest BCUT2D eigenvalue weighted by molar-refractivity contribution is 14.1. The molecule has 0 aromatic heterocycles. The summed E-state index contributed by atoms with van der Waals surface area (Å²) in [5.74, 6) is -0.250. The smallest absolute Gasteiger partial charge is 0.338 e. The van der Waals surface area contributed by atoms with Crippen molar-refractivity contribution in [3.05, 3.63) is 27.3 Å². The molecule has 1 fully saturated rings. The van der Waals surface area contributed by atoms with Crippen molar-refractivity contribution >= 4 is 34.2 Å². The van der Waals surface area contributed by atoms with Gasteiger partial charge in [0.1, 0.15) is 6.10 Å². The summed E-state index contributed by atoms with van der Waals surface area (Å²) in [6.45, 7) is 0. The molecular formula is C13H16INO2. The summed E-state index contributed by atoms with van der Waals surface area (Å²) in [4.78, 5) is 11.9. The van der Waals surface area contributed by atoms with Crippen LogP contribution in [0.3, 0.4) is 0 Å². The number of hydrogen-bond donors (Lipinski definition) is 1. The molecule has 1 saturated carbocycles. The Morgan fingerprint density at radius 1 is 1.29 bits per heavy atom. The highest BCUT2D eigenvalue weighted by Crippen LogP contribution is 2.22. The maximum Gasteiger partial charge on any atom is 0.338 e. The lowest BCUT2D eigenvalue weighted by Crippen LogP contribution is -2.21. The number of ether oxygens (including phenoxy) is 1. The van der Waals surface area contributed by atoms with Gasteiger partial charge in [0, 0.05) is 9.26 Å². The van der Waals surface area contributed by atoms with Crippen LogP contribution in [0, 0.1) is 3.57 Å². The quantitative estimate of drug-likeness (QED) is 0.508. The molecule has 1 aliphatic carbocycles. The predicted octanol–water partition coefficient (Wildman–Crippen LogP) is 3.36. The molecule has 0 heterocycles. The first-order chi connectivity index (χ1) is 8.16. The normalized spacial score (nSPS) is 16.8. The molecule has 1 aromatic carbocycles. The first-order valence-electron chi connectivity index (χ1n) is 5.93. The molecule has 3 nitrogen and oxygen atoms in total. The average molecular weight is 345 g/mol. The van der Waals surface area contributed by atoms with Crippen LogP contribution >= 0.6 is 22.6 Å². The van der Waals surface area contributed by atoms with Crippen LogP contribution in [0.2, 0.25) is 0 Å². The average Bonchev–Trinajstić information content (AvgIpc) is 2.34. The number of halogens is 1. The maximum atomic E-state index is 11.9. The van der Waals surface area contributed by atoms with E-state index < -0.39 is 0 Å². The Hall–Kier alpha value is -0.780. The summed E-state index contributed by atoms with van der Waals surface area (Å²) in [6, 6.07) is 5.30. The predicted molar refractivity (Wildman–Crippen MR) is 75.9 cm³/mol. The lowest BCUT2D eigenvalue weighted by molar-refractivity contribution is 0.0211. The van der Waals surface area contributed by atoms with Crippen LogP contribution in [-0.4, -0.2) is 12.1 Å². The van der Waals surface area contributed by atoms with Crippen LogP contribution < -0.4 is 5.73 Å². The van der Waals surface area contributed by atoms with Gasteiger partial charge < -0.3 is 10.5 Å². The van der Waals surface area contributed by atoms with E-state index in [0.29, 0.717) is 11.3 Å². The fourth-order valence-corrected chi connectivity index (χ4v) is 2.41. The molecule has 0 aliphatic heterocycles. The number of benzene rings is 1. The van der Waals surface area contributed by atoms with Crippen LogP contribution in [0.15, 0.2) is 18.2 Å². The monoisotopic (exact) mass is 345 g/mol. The van der Waals surface area contributed by atoms with Crippen molar-refractivity contribution in [2.75, 3.05) is 5.73 Å². The fraction of sp³-hybridized carbons (Fsp3) is 0.462. The Morgan fingerprint density at radius 2 is 2.00 bits per heavy atom. The Balaban J connectivity index is 2.01. The first-order valence-corrected chi connectivity index (χ1v) is 7.00. The minimum Gasteiger partial charge on any atom is -0.459 e. The van der Waals surface area contributed by atoms with Crippen LogP contribution in [0.1, 0.15) is 42.5 Å². The molecule has 1 aliphatic rings. The van der Waals surface area contributed by atoms with Gasteiger partial charge in [-0.25, -0.2) is 4.79 Å². The molecule has 0 radical (unpaired) electrons. The van der Waals surface area contributed by atoms with Gasteiger partial charge in [0.25, 0.3) is 0 Å². The minimum atomic E-state index is -0.250. The largest absolute Gasteiger partial charge is 0.459 e. The zero-order valence-corrected chi connectivity index (χ0v) is 11.8. The van der Waals surface area contributed by atoms with E-state index in [1.807, 2.05) is 6.07 Å². The zero-order valence-electron chi connectivity index (χ0n) is 9.62. The molecule has 2 N–H and O–H groups in total. The number of esters is 1. The van der Waals surface area contributed by atoms with E-state index in [4.69, 9.17) is 10.5 Å². The van der Waals surface area contributed by atoms with Crippen molar-refractivity contribution in [3.63, 3.8) is 0 Å². The molecule has 92 valence electrons. The molecular weight excluding hydrogens is 329 g/mol. The molecule has 0 amide bonds. The van der Waals surface area contributed by atoms with Crippen LogP contribution in [-0.2, 0) is 4.74 Å². The molecule has 4 heteroatoms. The summed E-state index contributed by atoms with van der Waals surface area (Å²) >= 11 is 2.14. The number of nitrogens with two attached hydrogens (primary N) is 1. The fourth-order valence-electron chi connectivity index (χ4n) is 2.07. The Labute approximate surface area is 115 Å². The van der Waals surface area contributed by atoms with Gasteiger partial charge >= 0.3 is 5.97 Å². The second-order valence-electron chi connectivity index (χ2n) is 4.40. The van der Waals surface area contributed by atoms with Crippen LogP contribution in [0.4, 0.5) is 5.69 Å². The number of carbonyl (C=O) groups is 1. The van der Waals surface area contributed by atoms with Crippen molar-refractivity contribution in [1.29, 1.82) is 0 Å². The van der Waals surface area contributed by atoms with E-state index in [1.54, 1.807) is 12.1 Å². The van der Waals surface area contributed by atoms with Gasteiger partial charge in [0.05, 0.1) is 5.56 Å². The van der Waals surface area contributed by atoms with Gasteiger partial charge in [-0.15, -0.1) is 0 Å². The summed E-state index contributed by atoms with van der Waals surface area (Å²) in [6.07, 6.45) is 5.65. The summed E-state index contributed by atoms with van der Waals surface area (Å²) < 4.78 is 6.43. The molecule has 0 atom stereocenters. The van der Waals surface area contributed by atoms with E-state index in [0.717, 1.165) is 29.3 Å². The molecule has 17 heavy (non-hydrogen) atoms. The molecule has 0 unspecified atom stereocenters. The Morgan fingerprint density at radius 3 is 2.65 bits per heavy atom. The first kappa shape index (κ1) is 12.7. The van der Waals surface area contributed by atoms with Gasteiger partial charge in [-0.05, 0) is 66.5 Å². The summed E-state index contributed by atoms with van der Waals surface area (Å²) in [7, 11) is 0. The van der Waals surface area contributed by atoms with Gasteiger partial charge in [-0.3, -0.25) is 0 Å². The van der Waals surface area contributed by atoms with Crippen molar-refractivity contribution < 1.29 is 9.53 Å². The number of rotatable bonds is 2. The second-order valence-corrected chi connectivity index (χ2v) is 5.56. The Bertz CT molecular complexity index is 414. The highest BCUT2D eigenvalue weighted by atomic mass is 127. The van der Waals surface area contributed by atoms with Gasteiger partial charge in [0.2, 0.25) is 0 Å². The highest BCUT2D eigenvalue weighted by Gasteiger charge is 2.18. The summed E-state index contributed by atoms with van der Waals surface area (Å²) in [5.41, 5.74) is 6.95. The SMILES string of the molecule is Nc1cc(C(=O)OC2CCCCC2)ccc1I. The van der Waals surface area contributed by atoms with Crippen molar-refractivity contribution in [1.82, 2.24) is 0 Å².